The maximum absolute atomic E-state index is 13.2. The molecule has 3 fully saturated rings. The van der Waals surface area contributed by atoms with E-state index >= 15 is 0 Å². The van der Waals surface area contributed by atoms with Crippen LogP contribution in [0.25, 0.3) is 10.6 Å². The minimum atomic E-state index is -0.639. The first-order valence-electron chi connectivity index (χ1n) is 9.79. The van der Waals surface area contributed by atoms with Crippen molar-refractivity contribution in [3.05, 3.63) is 41.4 Å². The number of amides is 2. The molecule has 3 saturated heterocycles. The summed E-state index contributed by atoms with van der Waals surface area (Å²) in [5.41, 5.74) is 0.815. The Bertz CT molecular complexity index is 928. The van der Waals surface area contributed by atoms with E-state index in [1.54, 1.807) is 0 Å². The van der Waals surface area contributed by atoms with Crippen LogP contribution in [0.3, 0.4) is 0 Å². The van der Waals surface area contributed by atoms with Crippen molar-refractivity contribution in [1.82, 2.24) is 14.8 Å². The van der Waals surface area contributed by atoms with Gasteiger partial charge in [0, 0.05) is 23.9 Å². The maximum atomic E-state index is 13.2. The van der Waals surface area contributed by atoms with Crippen molar-refractivity contribution >= 4 is 23.2 Å². The molecule has 1 aromatic heterocycles. The molecule has 0 aliphatic carbocycles. The molecule has 0 N–H and O–H groups in total. The molecule has 0 unspecified atom stereocenters. The third-order valence-electron chi connectivity index (χ3n) is 6.26. The number of thiazole rings is 1. The first-order chi connectivity index (χ1) is 13.5. The molecule has 1 aromatic carbocycles. The summed E-state index contributed by atoms with van der Waals surface area (Å²) >= 11 is 1.47. The molecule has 4 heterocycles. The van der Waals surface area contributed by atoms with E-state index in [4.69, 9.17) is 4.74 Å². The Hall–Kier alpha value is -2.25. The van der Waals surface area contributed by atoms with Crippen molar-refractivity contribution in [3.63, 3.8) is 0 Å². The third-order valence-corrected chi connectivity index (χ3v) is 7.15. The molecule has 1 spiro atoms. The van der Waals surface area contributed by atoms with Gasteiger partial charge in [-0.15, -0.1) is 11.3 Å². The Balaban J connectivity index is 1.41. The molecule has 3 aliphatic rings. The van der Waals surface area contributed by atoms with E-state index < -0.39 is 5.72 Å². The fourth-order valence-electron chi connectivity index (χ4n) is 4.85. The second-order valence-corrected chi connectivity index (χ2v) is 8.96. The molecule has 5 rings (SSSR count). The smallest absolute Gasteiger partial charge is 0.273 e. The zero-order chi connectivity index (χ0) is 19.5. The van der Waals surface area contributed by atoms with Crippen LogP contribution in [-0.4, -0.2) is 57.6 Å². The lowest BCUT2D eigenvalue weighted by molar-refractivity contribution is -0.139. The third kappa shape index (κ3) is 2.46. The van der Waals surface area contributed by atoms with E-state index in [-0.39, 0.29) is 23.9 Å². The van der Waals surface area contributed by atoms with Crippen LogP contribution >= 0.6 is 11.3 Å². The molecule has 28 heavy (non-hydrogen) atoms. The second-order valence-electron chi connectivity index (χ2n) is 8.10. The van der Waals surface area contributed by atoms with Crippen LogP contribution in [0.2, 0.25) is 0 Å². The average molecular weight is 398 g/mol. The number of rotatable bonds is 3. The van der Waals surface area contributed by atoms with Gasteiger partial charge in [-0.1, -0.05) is 44.2 Å². The van der Waals surface area contributed by atoms with Gasteiger partial charge >= 0.3 is 0 Å². The second kappa shape index (κ2) is 6.39. The van der Waals surface area contributed by atoms with Gasteiger partial charge in [0.2, 0.25) is 5.91 Å². The molecule has 6 nitrogen and oxygen atoms in total. The van der Waals surface area contributed by atoms with E-state index in [1.807, 2.05) is 45.5 Å². The van der Waals surface area contributed by atoms with Crippen molar-refractivity contribution in [2.45, 2.75) is 44.5 Å². The van der Waals surface area contributed by atoms with Gasteiger partial charge in [0.1, 0.15) is 10.7 Å². The number of aromatic nitrogens is 1. The fraction of sp³-hybridized carbons (Fsp3) is 0.476. The Labute approximate surface area is 168 Å². The van der Waals surface area contributed by atoms with Crippen LogP contribution in [0, 0.1) is 5.92 Å². The van der Waals surface area contributed by atoms with Crippen LogP contribution in [0.4, 0.5) is 0 Å². The van der Waals surface area contributed by atoms with Crippen LogP contribution in [-0.2, 0) is 9.53 Å². The summed E-state index contributed by atoms with van der Waals surface area (Å²) < 4.78 is 6.22. The molecule has 2 aromatic rings. The summed E-state index contributed by atoms with van der Waals surface area (Å²) in [6.07, 6.45) is 1.01. The predicted molar refractivity (Wildman–Crippen MR) is 106 cm³/mol. The first-order valence-corrected chi connectivity index (χ1v) is 10.7. The highest BCUT2D eigenvalue weighted by atomic mass is 32.1. The number of hydrogen-bond donors (Lipinski definition) is 0. The largest absolute Gasteiger partial charge is 0.351 e. The van der Waals surface area contributed by atoms with Crippen molar-refractivity contribution < 1.29 is 14.3 Å². The topological polar surface area (TPSA) is 62.7 Å². The van der Waals surface area contributed by atoms with Gasteiger partial charge in [0.25, 0.3) is 5.91 Å². The summed E-state index contributed by atoms with van der Waals surface area (Å²) in [6, 6.07) is 9.73. The lowest BCUT2D eigenvalue weighted by atomic mass is 10.0. The van der Waals surface area contributed by atoms with E-state index in [0.29, 0.717) is 37.6 Å². The molecular weight excluding hydrogens is 374 g/mol. The summed E-state index contributed by atoms with van der Waals surface area (Å²) in [5.74, 6) is 0.326. The van der Waals surface area contributed by atoms with E-state index in [1.165, 1.54) is 11.3 Å². The summed E-state index contributed by atoms with van der Waals surface area (Å²) in [4.78, 5) is 34.3. The van der Waals surface area contributed by atoms with Crippen LogP contribution in [0.5, 0.6) is 0 Å². The van der Waals surface area contributed by atoms with Gasteiger partial charge in [-0.3, -0.25) is 9.59 Å². The Morgan fingerprint density at radius 3 is 2.86 bits per heavy atom. The van der Waals surface area contributed by atoms with Crippen LogP contribution < -0.4 is 0 Å². The van der Waals surface area contributed by atoms with Gasteiger partial charge in [-0.2, -0.15) is 0 Å². The highest BCUT2D eigenvalue weighted by molar-refractivity contribution is 7.13. The Morgan fingerprint density at radius 2 is 2.11 bits per heavy atom. The summed E-state index contributed by atoms with van der Waals surface area (Å²) in [6.45, 7) is 5.38. The summed E-state index contributed by atoms with van der Waals surface area (Å²) in [5, 5.41) is 2.65. The molecule has 7 heteroatoms. The number of benzene rings is 1. The number of ether oxygens (including phenoxy) is 1. The van der Waals surface area contributed by atoms with Crippen LogP contribution in [0.15, 0.2) is 35.7 Å². The quantitative estimate of drug-likeness (QED) is 0.799. The number of nitrogens with zero attached hydrogens (tertiary/aromatic N) is 3. The molecule has 146 valence electrons. The van der Waals surface area contributed by atoms with E-state index in [2.05, 4.69) is 18.8 Å². The minimum Gasteiger partial charge on any atom is -0.351 e. The number of likely N-dealkylation sites (tertiary alicyclic amines) is 1. The number of carbonyl (C=O) groups is 2. The highest BCUT2D eigenvalue weighted by Crippen LogP contribution is 2.49. The molecular formula is C21H23N3O3S. The Morgan fingerprint density at radius 1 is 1.32 bits per heavy atom. The molecule has 3 aliphatic heterocycles. The van der Waals surface area contributed by atoms with Crippen molar-refractivity contribution in [1.29, 1.82) is 0 Å². The molecule has 0 radical (unpaired) electrons. The predicted octanol–water partition coefficient (Wildman–Crippen LogP) is 3.01. The van der Waals surface area contributed by atoms with Crippen molar-refractivity contribution in [2.24, 2.45) is 5.92 Å². The van der Waals surface area contributed by atoms with Gasteiger partial charge < -0.3 is 14.5 Å². The van der Waals surface area contributed by atoms with E-state index in [0.717, 1.165) is 10.6 Å². The minimum absolute atomic E-state index is 0.0940. The van der Waals surface area contributed by atoms with Gasteiger partial charge in [0.05, 0.1) is 25.1 Å². The van der Waals surface area contributed by atoms with Crippen LogP contribution in [0.1, 0.15) is 37.2 Å². The molecule has 0 saturated carbocycles. The SMILES string of the molecule is CC(C)[C@@H]1CO[C@@]23CCN(C(=O)c4csc(-c5ccccc5)n4)[C@@H]2CC(=O)N13. The maximum Gasteiger partial charge on any atom is 0.273 e. The summed E-state index contributed by atoms with van der Waals surface area (Å²) in [7, 11) is 0. The monoisotopic (exact) mass is 397 g/mol. The normalized spacial score (nSPS) is 28.9. The molecule has 3 atom stereocenters. The fourth-order valence-corrected chi connectivity index (χ4v) is 5.65. The van der Waals surface area contributed by atoms with Crippen molar-refractivity contribution in [3.8, 4) is 10.6 Å². The molecule has 0 bridgehead atoms. The van der Waals surface area contributed by atoms with E-state index in [9.17, 15) is 9.59 Å². The lowest BCUT2D eigenvalue weighted by Gasteiger charge is -2.34. The van der Waals surface area contributed by atoms with Gasteiger partial charge in [-0.05, 0) is 5.92 Å². The first kappa shape index (κ1) is 17.8. The lowest BCUT2D eigenvalue weighted by Crippen LogP contribution is -2.51. The number of carbonyl (C=O) groups excluding carboxylic acids is 2. The molecule has 2 amide bonds. The van der Waals surface area contributed by atoms with Gasteiger partial charge in [-0.25, -0.2) is 4.98 Å². The zero-order valence-electron chi connectivity index (χ0n) is 16.0. The number of hydrogen-bond acceptors (Lipinski definition) is 5. The standard InChI is InChI=1S/C21H23N3O3S/c1-13(2)16-11-27-21-8-9-23(17(21)10-18(25)24(16)21)20(26)15-12-28-19(22-15)14-6-4-3-5-7-14/h3-7,12-13,16-17H,8-11H2,1-2H3/t16-,17+,21-/m0/s1. The van der Waals surface area contributed by atoms with Gasteiger partial charge in [0.15, 0.2) is 5.72 Å². The highest BCUT2D eigenvalue weighted by Gasteiger charge is 2.65. The average Bonchev–Trinajstić information content (AvgIpc) is 3.43. The Kier molecular flexibility index (Phi) is 4.07. The van der Waals surface area contributed by atoms with Crippen molar-refractivity contribution in [2.75, 3.05) is 13.2 Å². The zero-order valence-corrected chi connectivity index (χ0v) is 16.8.